The maximum absolute atomic E-state index is 12.6. The average molecular weight is 398 g/mol. The molecular weight excluding hydrogens is 386 g/mol. The first-order valence-electron chi connectivity index (χ1n) is 7.18. The first kappa shape index (κ1) is 20.0. The van der Waals surface area contributed by atoms with Crippen molar-refractivity contribution in [2.24, 2.45) is 0 Å². The molecule has 4 nitrogen and oxygen atoms in total. The van der Waals surface area contributed by atoms with Crippen LogP contribution in [0.25, 0.3) is 0 Å². The van der Waals surface area contributed by atoms with Gasteiger partial charge in [-0.15, -0.1) is 0 Å². The number of anilines is 1. The van der Waals surface area contributed by atoms with Crippen LogP contribution in [0.5, 0.6) is 5.75 Å². The third-order valence-electron chi connectivity index (χ3n) is 3.01. The zero-order valence-corrected chi connectivity index (χ0v) is 13.8. The molecule has 0 saturated carbocycles. The van der Waals surface area contributed by atoms with Crippen LogP contribution in [-0.2, 0) is 17.1 Å². The van der Waals surface area contributed by atoms with Crippen molar-refractivity contribution in [3.63, 3.8) is 0 Å². The topological polar surface area (TPSA) is 51.2 Å². The first-order chi connectivity index (χ1) is 12.1. The van der Waals surface area contributed by atoms with Crippen molar-refractivity contribution in [2.45, 2.75) is 25.2 Å². The Hall–Kier alpha value is -2.30. The fourth-order valence-corrected chi connectivity index (χ4v) is 2.53. The Morgan fingerprint density at radius 1 is 1.15 bits per heavy atom. The maximum Gasteiger partial charge on any atom is 0.427 e. The zero-order valence-electron chi connectivity index (χ0n) is 12.9. The van der Waals surface area contributed by atoms with Crippen molar-refractivity contribution in [3.05, 3.63) is 40.9 Å². The van der Waals surface area contributed by atoms with Crippen LogP contribution in [0.2, 0.25) is 0 Å². The summed E-state index contributed by atoms with van der Waals surface area (Å²) in [6.45, 7) is -0.0274. The van der Waals surface area contributed by atoms with Gasteiger partial charge in [-0.25, -0.2) is 4.98 Å². The van der Waals surface area contributed by atoms with Gasteiger partial charge in [-0.05, 0) is 24.6 Å². The number of ether oxygens (including phenoxy) is 1. The second kappa shape index (κ2) is 7.94. The Morgan fingerprint density at radius 3 is 2.50 bits per heavy atom. The Labute approximate surface area is 147 Å². The molecule has 0 bridgehead atoms. The van der Waals surface area contributed by atoms with Crippen molar-refractivity contribution in [1.82, 2.24) is 4.98 Å². The normalized spacial score (nSPS) is 12.1. The quantitative estimate of drug-likeness (QED) is 0.552. The summed E-state index contributed by atoms with van der Waals surface area (Å²) in [4.78, 5) is 14.2. The molecule has 0 saturated heterocycles. The molecule has 11 heteroatoms. The van der Waals surface area contributed by atoms with Gasteiger partial charge in [0.1, 0.15) is 10.6 Å². The number of alkyl halides is 6. The van der Waals surface area contributed by atoms with Crippen molar-refractivity contribution in [3.8, 4) is 5.75 Å². The van der Waals surface area contributed by atoms with Crippen LogP contribution >= 0.6 is 11.3 Å². The van der Waals surface area contributed by atoms with Crippen LogP contribution < -0.4 is 10.1 Å². The van der Waals surface area contributed by atoms with Crippen molar-refractivity contribution < 1.29 is 35.9 Å². The third kappa shape index (κ3) is 5.90. The molecule has 2 rings (SSSR count). The van der Waals surface area contributed by atoms with E-state index in [-0.39, 0.29) is 30.3 Å². The predicted octanol–water partition coefficient (Wildman–Crippen LogP) is 4.98. The Morgan fingerprint density at radius 2 is 1.88 bits per heavy atom. The monoisotopic (exact) mass is 398 g/mol. The van der Waals surface area contributed by atoms with Crippen molar-refractivity contribution in [1.29, 1.82) is 0 Å². The second-order valence-corrected chi connectivity index (χ2v) is 6.08. The molecule has 1 heterocycles. The molecule has 142 valence electrons. The van der Waals surface area contributed by atoms with Gasteiger partial charge in [-0.1, -0.05) is 17.4 Å². The van der Waals surface area contributed by atoms with Crippen LogP contribution in [0.15, 0.2) is 30.5 Å². The molecule has 0 fully saturated rings. The number of rotatable bonds is 6. The fourth-order valence-electron chi connectivity index (χ4n) is 1.83. The average Bonchev–Trinajstić information content (AvgIpc) is 3.00. The number of aromatic nitrogens is 1. The van der Waals surface area contributed by atoms with Crippen molar-refractivity contribution >= 4 is 22.4 Å². The van der Waals surface area contributed by atoms with E-state index in [1.54, 1.807) is 0 Å². The minimum atomic E-state index is -4.53. The highest BCUT2D eigenvalue weighted by Gasteiger charge is 2.33. The van der Waals surface area contributed by atoms with Crippen LogP contribution in [0.3, 0.4) is 0 Å². The highest BCUT2D eigenvalue weighted by molar-refractivity contribution is 7.15. The van der Waals surface area contributed by atoms with Gasteiger partial charge in [-0.3, -0.25) is 4.79 Å². The molecule has 26 heavy (non-hydrogen) atoms. The van der Waals surface area contributed by atoms with Crippen LogP contribution in [0.4, 0.5) is 31.5 Å². The molecule has 0 unspecified atom stereocenters. The highest BCUT2D eigenvalue weighted by atomic mass is 32.1. The largest absolute Gasteiger partial charge is 0.494 e. The molecule has 0 aliphatic carbocycles. The molecule has 0 radical (unpaired) electrons. The van der Waals surface area contributed by atoms with Crippen LogP contribution in [-0.4, -0.2) is 17.5 Å². The Balaban J connectivity index is 1.76. The van der Waals surface area contributed by atoms with E-state index in [9.17, 15) is 31.1 Å². The minimum Gasteiger partial charge on any atom is -0.494 e. The Kier molecular flexibility index (Phi) is 6.11. The molecule has 1 amide bonds. The number of hydrogen-bond acceptors (Lipinski definition) is 4. The van der Waals surface area contributed by atoms with Crippen molar-refractivity contribution in [2.75, 3.05) is 11.9 Å². The number of nitrogens with zero attached hydrogens (tertiary/aromatic N) is 1. The number of nitrogens with one attached hydrogen (secondary N) is 1. The maximum atomic E-state index is 12.6. The third-order valence-corrected chi connectivity index (χ3v) is 3.97. The molecule has 1 aromatic heterocycles. The zero-order chi connectivity index (χ0) is 19.4. The lowest BCUT2D eigenvalue weighted by Gasteiger charge is -2.10. The number of hydrogen-bond donors (Lipinski definition) is 1. The van der Waals surface area contributed by atoms with E-state index in [1.807, 2.05) is 0 Å². The van der Waals surface area contributed by atoms with E-state index >= 15 is 0 Å². The van der Waals surface area contributed by atoms with E-state index in [0.717, 1.165) is 12.1 Å². The van der Waals surface area contributed by atoms with Crippen LogP contribution in [0, 0.1) is 0 Å². The summed E-state index contributed by atoms with van der Waals surface area (Å²) in [6.07, 6.45) is -8.31. The number of benzene rings is 1. The summed E-state index contributed by atoms with van der Waals surface area (Å²) in [5.74, 6) is -0.560. The summed E-state index contributed by atoms with van der Waals surface area (Å²) in [5, 5.41) is 2.05. The number of carbonyl (C=O) groups excluding carboxylic acids is 1. The number of carbonyl (C=O) groups is 1. The van der Waals surface area contributed by atoms with E-state index in [0.29, 0.717) is 17.5 Å². The number of halogens is 6. The molecule has 1 aromatic carbocycles. The van der Waals surface area contributed by atoms with E-state index < -0.39 is 28.7 Å². The lowest BCUT2D eigenvalue weighted by molar-refractivity contribution is -0.137. The summed E-state index contributed by atoms with van der Waals surface area (Å²) < 4.78 is 80.1. The Bertz CT molecular complexity index is 757. The lowest BCUT2D eigenvalue weighted by Crippen LogP contribution is -2.12. The molecule has 0 aliphatic heterocycles. The van der Waals surface area contributed by atoms with Gasteiger partial charge in [-0.2, -0.15) is 26.3 Å². The number of thiazole rings is 1. The molecule has 0 spiro atoms. The highest BCUT2D eigenvalue weighted by Crippen LogP contribution is 2.35. The van der Waals surface area contributed by atoms with Gasteiger partial charge in [0.05, 0.1) is 18.4 Å². The van der Waals surface area contributed by atoms with E-state index in [2.05, 4.69) is 10.3 Å². The molecule has 0 aliphatic rings. The summed E-state index contributed by atoms with van der Waals surface area (Å²) in [5.41, 5.74) is -0.850. The first-order valence-corrected chi connectivity index (χ1v) is 8.00. The predicted molar refractivity (Wildman–Crippen MR) is 81.9 cm³/mol. The van der Waals surface area contributed by atoms with Gasteiger partial charge >= 0.3 is 12.4 Å². The number of amides is 1. The summed E-state index contributed by atoms with van der Waals surface area (Å²) in [7, 11) is 0. The SMILES string of the molecule is O=C(CCCOc1cccc(C(F)(F)F)c1)Nc1ncc(C(F)(F)F)s1. The second-order valence-electron chi connectivity index (χ2n) is 5.05. The summed E-state index contributed by atoms with van der Waals surface area (Å²) in [6, 6.07) is 4.30. The molecule has 1 N–H and O–H groups in total. The van der Waals surface area contributed by atoms with Gasteiger partial charge in [0, 0.05) is 6.42 Å². The smallest absolute Gasteiger partial charge is 0.427 e. The standard InChI is InChI=1S/C15H12F6N2O2S/c16-14(17,18)9-3-1-4-10(7-9)25-6-2-5-12(24)23-13-22-8-11(26-13)15(19,20)21/h1,3-4,7-8H,2,5-6H2,(H,22,23,24). The molecule has 2 aromatic rings. The van der Waals surface area contributed by atoms with Gasteiger partial charge in [0.25, 0.3) is 0 Å². The van der Waals surface area contributed by atoms with Gasteiger partial charge in [0.2, 0.25) is 5.91 Å². The van der Waals surface area contributed by atoms with Crippen LogP contribution in [0.1, 0.15) is 23.3 Å². The van der Waals surface area contributed by atoms with Gasteiger partial charge < -0.3 is 10.1 Å². The molecular formula is C15H12F6N2O2S. The van der Waals surface area contributed by atoms with E-state index in [4.69, 9.17) is 4.74 Å². The summed E-state index contributed by atoms with van der Waals surface area (Å²) >= 11 is 0.302. The lowest BCUT2D eigenvalue weighted by atomic mass is 10.2. The molecule has 0 atom stereocenters. The minimum absolute atomic E-state index is 0.00924. The van der Waals surface area contributed by atoms with Gasteiger partial charge in [0.15, 0.2) is 5.13 Å². The fraction of sp³-hybridized carbons (Fsp3) is 0.333. The van der Waals surface area contributed by atoms with E-state index in [1.165, 1.54) is 12.1 Å².